The highest BCUT2D eigenvalue weighted by Gasteiger charge is 2.34. The minimum atomic E-state index is -0.0958. The second kappa shape index (κ2) is 5.31. The number of amides is 1. The van der Waals surface area contributed by atoms with Crippen molar-refractivity contribution >= 4 is 21.8 Å². The molecule has 4 heteroatoms. The van der Waals surface area contributed by atoms with Crippen LogP contribution < -0.4 is 5.32 Å². The van der Waals surface area contributed by atoms with Gasteiger partial charge in [-0.15, -0.1) is 0 Å². The number of halogens is 1. The van der Waals surface area contributed by atoms with Crippen LogP contribution in [0.5, 0.6) is 5.75 Å². The number of carbonyl (C=O) groups is 1. The summed E-state index contributed by atoms with van der Waals surface area (Å²) in [6.07, 6.45) is 4.39. The van der Waals surface area contributed by atoms with E-state index in [1.807, 2.05) is 6.92 Å². The summed E-state index contributed by atoms with van der Waals surface area (Å²) in [6.45, 7) is 1.84. The number of aromatic hydroxyl groups is 1. The molecule has 0 radical (unpaired) electrons. The molecule has 3 nitrogen and oxygen atoms in total. The molecule has 0 atom stereocenters. The lowest BCUT2D eigenvalue weighted by Crippen LogP contribution is -2.47. The van der Waals surface area contributed by atoms with E-state index in [0.29, 0.717) is 5.56 Å². The third-order valence-electron chi connectivity index (χ3n) is 3.65. The lowest BCUT2D eigenvalue weighted by Gasteiger charge is -2.28. The van der Waals surface area contributed by atoms with Gasteiger partial charge in [0.15, 0.2) is 0 Å². The van der Waals surface area contributed by atoms with Gasteiger partial charge in [0.25, 0.3) is 5.91 Å². The lowest BCUT2D eigenvalue weighted by atomic mass is 9.99. The Morgan fingerprint density at radius 2 is 2.11 bits per heavy atom. The molecule has 1 fully saturated rings. The SMILES string of the molecule is Cc1cc(O)ccc1C(=O)NC1(CBr)CCCC1. The Hall–Kier alpha value is -1.03. The molecule has 0 aromatic heterocycles. The van der Waals surface area contributed by atoms with Crippen LogP contribution >= 0.6 is 15.9 Å². The van der Waals surface area contributed by atoms with Gasteiger partial charge in [0, 0.05) is 10.9 Å². The van der Waals surface area contributed by atoms with Gasteiger partial charge in [-0.25, -0.2) is 0 Å². The van der Waals surface area contributed by atoms with Crippen molar-refractivity contribution in [2.45, 2.75) is 38.1 Å². The summed E-state index contributed by atoms with van der Waals surface area (Å²) in [7, 11) is 0. The second-order valence-corrected chi connectivity index (χ2v) is 5.64. The van der Waals surface area contributed by atoms with E-state index >= 15 is 0 Å². The molecule has 18 heavy (non-hydrogen) atoms. The van der Waals surface area contributed by atoms with Gasteiger partial charge in [-0.05, 0) is 43.5 Å². The van der Waals surface area contributed by atoms with E-state index in [2.05, 4.69) is 21.2 Å². The minimum absolute atomic E-state index is 0.0474. The van der Waals surface area contributed by atoms with Crippen molar-refractivity contribution in [1.29, 1.82) is 0 Å². The van der Waals surface area contributed by atoms with Gasteiger partial charge in [0.1, 0.15) is 5.75 Å². The van der Waals surface area contributed by atoms with Gasteiger partial charge in [-0.1, -0.05) is 28.8 Å². The molecule has 0 aliphatic heterocycles. The maximum atomic E-state index is 12.3. The van der Waals surface area contributed by atoms with Crippen LogP contribution in [0.1, 0.15) is 41.6 Å². The Morgan fingerprint density at radius 1 is 1.44 bits per heavy atom. The molecule has 0 spiro atoms. The minimum Gasteiger partial charge on any atom is -0.508 e. The topological polar surface area (TPSA) is 49.3 Å². The highest BCUT2D eigenvalue weighted by atomic mass is 79.9. The van der Waals surface area contributed by atoms with E-state index in [9.17, 15) is 9.90 Å². The normalized spacial score (nSPS) is 17.7. The number of benzene rings is 1. The smallest absolute Gasteiger partial charge is 0.252 e. The van der Waals surface area contributed by atoms with Crippen LogP contribution in [0.3, 0.4) is 0 Å². The molecule has 0 heterocycles. The van der Waals surface area contributed by atoms with Crippen LogP contribution in [0.15, 0.2) is 18.2 Å². The Bertz CT molecular complexity index is 453. The Kier molecular flexibility index (Phi) is 3.95. The Labute approximate surface area is 116 Å². The third kappa shape index (κ3) is 2.69. The van der Waals surface area contributed by atoms with E-state index < -0.39 is 0 Å². The molecule has 0 bridgehead atoms. The fraction of sp³-hybridized carbons (Fsp3) is 0.500. The van der Waals surface area contributed by atoms with Crippen LogP contribution in [-0.4, -0.2) is 21.9 Å². The number of rotatable bonds is 3. The van der Waals surface area contributed by atoms with Crippen molar-refractivity contribution in [2.75, 3.05) is 5.33 Å². The first-order valence-electron chi connectivity index (χ1n) is 6.24. The molecular weight excluding hydrogens is 294 g/mol. The van der Waals surface area contributed by atoms with Gasteiger partial charge < -0.3 is 10.4 Å². The van der Waals surface area contributed by atoms with Crippen molar-refractivity contribution in [3.05, 3.63) is 29.3 Å². The predicted molar refractivity (Wildman–Crippen MR) is 75.3 cm³/mol. The molecule has 98 valence electrons. The van der Waals surface area contributed by atoms with E-state index in [4.69, 9.17) is 0 Å². The molecule has 1 aromatic carbocycles. The standard InChI is InChI=1S/C14H18BrNO2/c1-10-8-11(17)4-5-12(10)13(18)16-14(9-15)6-2-3-7-14/h4-5,8,17H,2-3,6-7,9H2,1H3,(H,16,18). The summed E-state index contributed by atoms with van der Waals surface area (Å²) in [5.74, 6) is 0.147. The zero-order valence-corrected chi connectivity index (χ0v) is 12.1. The van der Waals surface area contributed by atoms with Gasteiger partial charge in [0.2, 0.25) is 0 Å². The molecule has 1 amide bonds. The maximum absolute atomic E-state index is 12.3. The quantitative estimate of drug-likeness (QED) is 0.843. The molecule has 0 saturated heterocycles. The lowest BCUT2D eigenvalue weighted by molar-refractivity contribution is 0.0910. The average Bonchev–Trinajstić information content (AvgIpc) is 2.78. The van der Waals surface area contributed by atoms with E-state index in [1.54, 1.807) is 18.2 Å². The van der Waals surface area contributed by atoms with Crippen molar-refractivity contribution < 1.29 is 9.90 Å². The second-order valence-electron chi connectivity index (χ2n) is 5.07. The Morgan fingerprint density at radius 3 is 2.67 bits per heavy atom. The van der Waals surface area contributed by atoms with Crippen molar-refractivity contribution in [1.82, 2.24) is 5.32 Å². The number of hydrogen-bond donors (Lipinski definition) is 2. The highest BCUT2D eigenvalue weighted by molar-refractivity contribution is 9.09. The highest BCUT2D eigenvalue weighted by Crippen LogP contribution is 2.31. The number of aryl methyl sites for hydroxylation is 1. The maximum Gasteiger partial charge on any atom is 0.252 e. The zero-order chi connectivity index (χ0) is 13.2. The van der Waals surface area contributed by atoms with Gasteiger partial charge in [-0.2, -0.15) is 0 Å². The number of phenols is 1. The summed E-state index contributed by atoms with van der Waals surface area (Å²) in [5, 5.41) is 13.3. The van der Waals surface area contributed by atoms with Crippen LogP contribution in [0, 0.1) is 6.92 Å². The molecule has 1 aromatic rings. The molecule has 2 rings (SSSR count). The third-order valence-corrected chi connectivity index (χ3v) is 4.72. The molecular formula is C14H18BrNO2. The fourth-order valence-electron chi connectivity index (χ4n) is 2.55. The molecule has 0 unspecified atom stereocenters. The first-order valence-corrected chi connectivity index (χ1v) is 7.37. The first-order chi connectivity index (χ1) is 8.56. The number of phenolic OH excluding ortho intramolecular Hbond substituents is 1. The van der Waals surface area contributed by atoms with Crippen molar-refractivity contribution in [3.8, 4) is 5.75 Å². The predicted octanol–water partition coefficient (Wildman–Crippen LogP) is 3.14. The Balaban J connectivity index is 2.16. The van der Waals surface area contributed by atoms with Gasteiger partial charge >= 0.3 is 0 Å². The number of nitrogens with one attached hydrogen (secondary N) is 1. The summed E-state index contributed by atoms with van der Waals surface area (Å²) in [4.78, 5) is 12.3. The van der Waals surface area contributed by atoms with E-state index in [1.165, 1.54) is 12.8 Å². The summed E-state index contributed by atoms with van der Waals surface area (Å²) in [5.41, 5.74) is 1.34. The monoisotopic (exact) mass is 311 g/mol. The zero-order valence-electron chi connectivity index (χ0n) is 10.5. The molecule has 2 N–H and O–H groups in total. The summed E-state index contributed by atoms with van der Waals surface area (Å²) >= 11 is 3.51. The van der Waals surface area contributed by atoms with Crippen molar-refractivity contribution in [2.24, 2.45) is 0 Å². The van der Waals surface area contributed by atoms with Crippen LogP contribution in [-0.2, 0) is 0 Å². The van der Waals surface area contributed by atoms with E-state index in [-0.39, 0.29) is 17.2 Å². The van der Waals surface area contributed by atoms with Crippen LogP contribution in [0.25, 0.3) is 0 Å². The molecule has 1 aliphatic carbocycles. The number of alkyl halides is 1. The fourth-order valence-corrected chi connectivity index (χ4v) is 3.26. The van der Waals surface area contributed by atoms with E-state index in [0.717, 1.165) is 23.7 Å². The summed E-state index contributed by atoms with van der Waals surface area (Å²) in [6, 6.07) is 4.85. The first kappa shape index (κ1) is 13.4. The number of hydrogen-bond acceptors (Lipinski definition) is 2. The van der Waals surface area contributed by atoms with Crippen LogP contribution in [0.4, 0.5) is 0 Å². The number of carbonyl (C=O) groups excluding carboxylic acids is 1. The molecule has 1 aliphatic rings. The van der Waals surface area contributed by atoms with Crippen LogP contribution in [0.2, 0.25) is 0 Å². The average molecular weight is 312 g/mol. The van der Waals surface area contributed by atoms with Gasteiger partial charge in [0.05, 0.1) is 5.54 Å². The molecule has 1 saturated carbocycles. The van der Waals surface area contributed by atoms with Gasteiger partial charge in [-0.3, -0.25) is 4.79 Å². The van der Waals surface area contributed by atoms with Crippen molar-refractivity contribution in [3.63, 3.8) is 0 Å². The summed E-state index contributed by atoms with van der Waals surface area (Å²) < 4.78 is 0. The largest absolute Gasteiger partial charge is 0.508 e.